The number of carbonyl (C=O) groups is 1. The Balaban J connectivity index is 2.10. The number of amides is 1. The van der Waals surface area contributed by atoms with Crippen LogP contribution in [0.25, 0.3) is 0 Å². The molecule has 0 aliphatic heterocycles. The normalized spacial score (nSPS) is 15.7. The number of carbonyl (C=O) groups excluding carboxylic acids is 1. The second-order valence-corrected chi connectivity index (χ2v) is 5.29. The first kappa shape index (κ1) is 14.5. The summed E-state index contributed by atoms with van der Waals surface area (Å²) in [6.07, 6.45) is 2.35. The third kappa shape index (κ3) is 2.96. The molecule has 0 atom stereocenters. The first-order valence-electron chi connectivity index (χ1n) is 6.68. The van der Waals surface area contributed by atoms with Crippen molar-refractivity contribution < 1.29 is 14.8 Å². The number of aryl methyl sites for hydroxylation is 1. The predicted molar refractivity (Wildman–Crippen MR) is 73.6 cm³/mol. The van der Waals surface area contributed by atoms with Crippen LogP contribution in [0, 0.1) is 15.5 Å². The molecule has 1 aliphatic carbocycles. The number of hydrogen-bond donors (Lipinski definition) is 2. The molecule has 0 heterocycles. The minimum atomic E-state index is -0.467. The Morgan fingerprint density at radius 2 is 2.20 bits per heavy atom. The standard InChI is InChI=1S/C14H18N2O4/c1-2-10-3-4-11(7-12(10)16(19)20)13(18)15-8-14(9-17)5-6-14/h3-4,7,17H,2,5-6,8-9H2,1H3,(H,15,18). The summed E-state index contributed by atoms with van der Waals surface area (Å²) in [5.41, 5.74) is 0.692. The van der Waals surface area contributed by atoms with Crippen molar-refractivity contribution in [3.63, 3.8) is 0 Å². The Bertz CT molecular complexity index is 538. The van der Waals surface area contributed by atoms with Gasteiger partial charge in [0.1, 0.15) is 0 Å². The molecule has 0 saturated heterocycles. The van der Waals surface area contributed by atoms with Crippen molar-refractivity contribution in [3.8, 4) is 0 Å². The van der Waals surface area contributed by atoms with E-state index in [9.17, 15) is 20.0 Å². The molecule has 6 nitrogen and oxygen atoms in total. The van der Waals surface area contributed by atoms with Crippen LogP contribution in [0.4, 0.5) is 5.69 Å². The first-order valence-corrected chi connectivity index (χ1v) is 6.68. The molecular weight excluding hydrogens is 260 g/mol. The molecule has 0 radical (unpaired) electrons. The summed E-state index contributed by atoms with van der Waals surface area (Å²) < 4.78 is 0. The van der Waals surface area contributed by atoms with Crippen LogP contribution in [0.3, 0.4) is 0 Å². The van der Waals surface area contributed by atoms with Gasteiger partial charge in [0.25, 0.3) is 11.6 Å². The van der Waals surface area contributed by atoms with E-state index in [0.717, 1.165) is 12.8 Å². The second kappa shape index (κ2) is 5.58. The highest BCUT2D eigenvalue weighted by Crippen LogP contribution is 2.44. The van der Waals surface area contributed by atoms with Gasteiger partial charge < -0.3 is 10.4 Å². The minimum absolute atomic E-state index is 0.0246. The van der Waals surface area contributed by atoms with Crippen molar-refractivity contribution in [2.75, 3.05) is 13.2 Å². The van der Waals surface area contributed by atoms with Crippen LogP contribution >= 0.6 is 0 Å². The summed E-state index contributed by atoms with van der Waals surface area (Å²) in [5, 5.41) is 22.9. The summed E-state index contributed by atoms with van der Waals surface area (Å²) in [6, 6.07) is 4.53. The highest BCUT2D eigenvalue weighted by molar-refractivity contribution is 5.95. The van der Waals surface area contributed by atoms with Crippen LogP contribution in [-0.4, -0.2) is 29.1 Å². The molecule has 108 valence electrons. The Labute approximate surface area is 117 Å². The third-order valence-electron chi connectivity index (χ3n) is 3.84. The maximum absolute atomic E-state index is 12.0. The molecule has 6 heteroatoms. The number of rotatable bonds is 6. The minimum Gasteiger partial charge on any atom is -0.396 e. The van der Waals surface area contributed by atoms with E-state index in [1.807, 2.05) is 6.92 Å². The van der Waals surface area contributed by atoms with Gasteiger partial charge in [-0.1, -0.05) is 13.0 Å². The lowest BCUT2D eigenvalue weighted by Gasteiger charge is -2.12. The number of aliphatic hydroxyl groups is 1. The van der Waals surface area contributed by atoms with E-state index in [4.69, 9.17) is 0 Å². The molecular formula is C14H18N2O4. The van der Waals surface area contributed by atoms with E-state index in [0.29, 0.717) is 18.5 Å². The number of hydrogen-bond acceptors (Lipinski definition) is 4. The summed E-state index contributed by atoms with van der Waals surface area (Å²) >= 11 is 0. The van der Waals surface area contributed by atoms with Crippen LogP contribution < -0.4 is 5.32 Å². The van der Waals surface area contributed by atoms with Crippen molar-refractivity contribution in [3.05, 3.63) is 39.4 Å². The van der Waals surface area contributed by atoms with Crippen LogP contribution in [0.15, 0.2) is 18.2 Å². The number of nitro benzene ring substituents is 1. The maximum Gasteiger partial charge on any atom is 0.273 e. The molecule has 20 heavy (non-hydrogen) atoms. The van der Waals surface area contributed by atoms with Gasteiger partial charge in [0, 0.05) is 29.2 Å². The van der Waals surface area contributed by atoms with Crippen molar-refractivity contribution in [1.82, 2.24) is 5.32 Å². The van der Waals surface area contributed by atoms with Gasteiger partial charge in [0.2, 0.25) is 0 Å². The average Bonchev–Trinajstić information content (AvgIpc) is 3.24. The second-order valence-electron chi connectivity index (χ2n) is 5.29. The lowest BCUT2D eigenvalue weighted by molar-refractivity contribution is -0.385. The molecule has 1 amide bonds. The van der Waals surface area contributed by atoms with E-state index < -0.39 is 4.92 Å². The fourth-order valence-corrected chi connectivity index (χ4v) is 2.11. The zero-order chi connectivity index (χ0) is 14.8. The lowest BCUT2D eigenvalue weighted by atomic mass is 10.1. The topological polar surface area (TPSA) is 92.5 Å². The van der Waals surface area contributed by atoms with Gasteiger partial charge in [-0.2, -0.15) is 0 Å². The lowest BCUT2D eigenvalue weighted by Crippen LogP contribution is -2.31. The molecule has 1 aromatic rings. The number of aliphatic hydroxyl groups excluding tert-OH is 1. The van der Waals surface area contributed by atoms with Crippen LogP contribution in [0.2, 0.25) is 0 Å². The van der Waals surface area contributed by atoms with E-state index in [-0.39, 0.29) is 29.2 Å². The highest BCUT2D eigenvalue weighted by atomic mass is 16.6. The SMILES string of the molecule is CCc1ccc(C(=O)NCC2(CO)CC2)cc1[N+](=O)[O-]. The number of nitrogens with one attached hydrogen (secondary N) is 1. The average molecular weight is 278 g/mol. The first-order chi connectivity index (χ1) is 9.51. The highest BCUT2D eigenvalue weighted by Gasteiger charge is 2.42. The Morgan fingerprint density at radius 1 is 1.50 bits per heavy atom. The van der Waals surface area contributed by atoms with Gasteiger partial charge in [0.15, 0.2) is 0 Å². The van der Waals surface area contributed by atoms with E-state index in [1.165, 1.54) is 6.07 Å². The molecule has 2 rings (SSSR count). The van der Waals surface area contributed by atoms with Crippen molar-refractivity contribution in [1.29, 1.82) is 0 Å². The third-order valence-corrected chi connectivity index (χ3v) is 3.84. The Hall–Kier alpha value is -1.95. The van der Waals surface area contributed by atoms with Crippen molar-refractivity contribution >= 4 is 11.6 Å². The Morgan fingerprint density at radius 3 is 2.70 bits per heavy atom. The Kier molecular flexibility index (Phi) is 4.04. The zero-order valence-corrected chi connectivity index (χ0v) is 11.4. The number of benzene rings is 1. The van der Waals surface area contributed by atoms with Crippen LogP contribution in [0.5, 0.6) is 0 Å². The predicted octanol–water partition coefficient (Wildman–Crippen LogP) is 1.66. The zero-order valence-electron chi connectivity index (χ0n) is 11.4. The molecule has 0 unspecified atom stereocenters. The van der Waals surface area contributed by atoms with E-state index >= 15 is 0 Å². The van der Waals surface area contributed by atoms with Crippen molar-refractivity contribution in [2.45, 2.75) is 26.2 Å². The quantitative estimate of drug-likeness (QED) is 0.611. The smallest absolute Gasteiger partial charge is 0.273 e. The van der Waals surface area contributed by atoms with Gasteiger partial charge in [-0.05, 0) is 25.3 Å². The molecule has 0 bridgehead atoms. The molecule has 0 spiro atoms. The van der Waals surface area contributed by atoms with Crippen molar-refractivity contribution in [2.24, 2.45) is 5.41 Å². The summed E-state index contributed by atoms with van der Waals surface area (Å²) in [6.45, 7) is 2.30. The molecule has 1 saturated carbocycles. The fourth-order valence-electron chi connectivity index (χ4n) is 2.11. The number of nitro groups is 1. The van der Waals surface area contributed by atoms with Gasteiger partial charge in [-0.15, -0.1) is 0 Å². The summed E-state index contributed by atoms with van der Waals surface area (Å²) in [4.78, 5) is 22.5. The van der Waals surface area contributed by atoms with Gasteiger partial charge in [-0.3, -0.25) is 14.9 Å². The van der Waals surface area contributed by atoms with Gasteiger partial charge in [0.05, 0.1) is 11.5 Å². The molecule has 1 fully saturated rings. The largest absolute Gasteiger partial charge is 0.396 e. The fraction of sp³-hybridized carbons (Fsp3) is 0.500. The maximum atomic E-state index is 12.0. The number of nitrogens with zero attached hydrogens (tertiary/aromatic N) is 1. The van der Waals surface area contributed by atoms with Crippen LogP contribution in [-0.2, 0) is 6.42 Å². The van der Waals surface area contributed by atoms with E-state index in [2.05, 4.69) is 5.32 Å². The van der Waals surface area contributed by atoms with Gasteiger partial charge >= 0.3 is 0 Å². The molecule has 2 N–H and O–H groups in total. The molecule has 1 aromatic carbocycles. The van der Waals surface area contributed by atoms with E-state index in [1.54, 1.807) is 12.1 Å². The molecule has 0 aromatic heterocycles. The monoisotopic (exact) mass is 278 g/mol. The van der Waals surface area contributed by atoms with Crippen LogP contribution in [0.1, 0.15) is 35.7 Å². The summed E-state index contributed by atoms with van der Waals surface area (Å²) in [7, 11) is 0. The van der Waals surface area contributed by atoms with Gasteiger partial charge in [-0.25, -0.2) is 0 Å². The summed E-state index contributed by atoms with van der Waals surface area (Å²) in [5.74, 6) is -0.338. The molecule has 1 aliphatic rings.